The fourth-order valence-electron chi connectivity index (χ4n) is 2.77. The summed E-state index contributed by atoms with van der Waals surface area (Å²) >= 11 is 0. The molecule has 1 N–H and O–H groups in total. The summed E-state index contributed by atoms with van der Waals surface area (Å²) < 4.78 is 38.2. The van der Waals surface area contributed by atoms with Crippen LogP contribution in [0.25, 0.3) is 0 Å². The first kappa shape index (κ1) is 18.0. The summed E-state index contributed by atoms with van der Waals surface area (Å²) in [6.45, 7) is 9.44. The van der Waals surface area contributed by atoms with E-state index in [9.17, 15) is 13.2 Å². The van der Waals surface area contributed by atoms with Crippen LogP contribution in [0.1, 0.15) is 51.7 Å². The molecule has 120 valence electrons. The van der Waals surface area contributed by atoms with Crippen LogP contribution in [0.15, 0.2) is 24.3 Å². The highest BCUT2D eigenvalue weighted by molar-refractivity contribution is 5.26. The molecule has 21 heavy (non-hydrogen) atoms. The van der Waals surface area contributed by atoms with Crippen LogP contribution >= 0.6 is 0 Å². The molecule has 0 heterocycles. The van der Waals surface area contributed by atoms with E-state index in [2.05, 4.69) is 33.0 Å². The molecule has 1 unspecified atom stereocenters. The summed E-state index contributed by atoms with van der Waals surface area (Å²) in [6.07, 6.45) is -1.60. The number of hydrogen-bond donors (Lipinski definition) is 1. The lowest BCUT2D eigenvalue weighted by atomic mass is 9.80. The Morgan fingerprint density at radius 1 is 1.19 bits per heavy atom. The van der Waals surface area contributed by atoms with Gasteiger partial charge in [-0.15, -0.1) is 0 Å². The first-order valence-corrected chi connectivity index (χ1v) is 7.53. The van der Waals surface area contributed by atoms with Gasteiger partial charge in [-0.05, 0) is 49.8 Å². The highest BCUT2D eigenvalue weighted by atomic mass is 19.4. The number of rotatable bonds is 7. The molecule has 0 bridgehead atoms. The van der Waals surface area contributed by atoms with Gasteiger partial charge in [0.05, 0.1) is 5.56 Å². The van der Waals surface area contributed by atoms with E-state index in [1.54, 1.807) is 6.07 Å². The molecule has 0 aliphatic heterocycles. The van der Waals surface area contributed by atoms with Crippen LogP contribution < -0.4 is 5.32 Å². The van der Waals surface area contributed by atoms with E-state index in [4.69, 9.17) is 0 Å². The smallest absolute Gasteiger partial charge is 0.314 e. The Morgan fingerprint density at radius 2 is 1.86 bits per heavy atom. The highest BCUT2D eigenvalue weighted by Crippen LogP contribution is 2.32. The second kappa shape index (κ2) is 7.30. The molecule has 0 aliphatic rings. The van der Waals surface area contributed by atoms with Crippen LogP contribution in [0.2, 0.25) is 0 Å². The summed E-state index contributed by atoms with van der Waals surface area (Å²) in [6, 6.07) is 6.04. The van der Waals surface area contributed by atoms with Gasteiger partial charge in [-0.1, -0.05) is 39.0 Å². The van der Waals surface area contributed by atoms with Gasteiger partial charge >= 0.3 is 6.18 Å². The summed E-state index contributed by atoms with van der Waals surface area (Å²) in [7, 11) is 0. The molecule has 4 heteroatoms. The summed E-state index contributed by atoms with van der Waals surface area (Å²) in [5.41, 5.74) is 0.148. The average molecular weight is 301 g/mol. The van der Waals surface area contributed by atoms with E-state index in [1.165, 1.54) is 12.1 Å². The SMILES string of the molecule is CCCNC(C)CC(C)(C)Cc1cccc(C(F)(F)F)c1. The predicted molar refractivity (Wildman–Crippen MR) is 81.3 cm³/mol. The van der Waals surface area contributed by atoms with E-state index >= 15 is 0 Å². The molecule has 1 aromatic carbocycles. The minimum absolute atomic E-state index is 0.0373. The Balaban J connectivity index is 2.70. The van der Waals surface area contributed by atoms with Crippen molar-refractivity contribution in [3.63, 3.8) is 0 Å². The van der Waals surface area contributed by atoms with Crippen LogP contribution in [-0.4, -0.2) is 12.6 Å². The summed E-state index contributed by atoms with van der Waals surface area (Å²) in [4.78, 5) is 0. The Hall–Kier alpha value is -1.03. The van der Waals surface area contributed by atoms with E-state index in [1.807, 2.05) is 0 Å². The van der Waals surface area contributed by atoms with E-state index in [-0.39, 0.29) is 5.41 Å². The molecule has 0 fully saturated rings. The second-order valence-electron chi connectivity index (χ2n) is 6.60. The van der Waals surface area contributed by atoms with Crippen LogP contribution in [0.4, 0.5) is 13.2 Å². The Labute approximate surface area is 125 Å². The van der Waals surface area contributed by atoms with Gasteiger partial charge in [0, 0.05) is 6.04 Å². The summed E-state index contributed by atoms with van der Waals surface area (Å²) in [5, 5.41) is 3.43. The normalized spacial score (nSPS) is 14.2. The van der Waals surface area contributed by atoms with Crippen molar-refractivity contribution in [3.8, 4) is 0 Å². The third kappa shape index (κ3) is 6.51. The Morgan fingerprint density at radius 3 is 2.43 bits per heavy atom. The molecule has 0 radical (unpaired) electrons. The largest absolute Gasteiger partial charge is 0.416 e. The van der Waals surface area contributed by atoms with E-state index in [0.717, 1.165) is 31.0 Å². The van der Waals surface area contributed by atoms with Gasteiger partial charge in [0.2, 0.25) is 0 Å². The number of hydrogen-bond acceptors (Lipinski definition) is 1. The molecule has 1 nitrogen and oxygen atoms in total. The van der Waals surface area contributed by atoms with Crippen LogP contribution in [0.5, 0.6) is 0 Å². The topological polar surface area (TPSA) is 12.0 Å². The van der Waals surface area contributed by atoms with Crippen molar-refractivity contribution in [1.82, 2.24) is 5.32 Å². The Bertz CT molecular complexity index is 438. The van der Waals surface area contributed by atoms with Crippen molar-refractivity contribution in [2.24, 2.45) is 5.41 Å². The quantitative estimate of drug-likeness (QED) is 0.743. The van der Waals surface area contributed by atoms with E-state index in [0.29, 0.717) is 12.5 Å². The monoisotopic (exact) mass is 301 g/mol. The minimum atomic E-state index is -4.27. The molecule has 0 aliphatic carbocycles. The maximum atomic E-state index is 12.7. The molecule has 1 atom stereocenters. The molecular weight excluding hydrogens is 275 g/mol. The van der Waals surface area contributed by atoms with Gasteiger partial charge < -0.3 is 5.32 Å². The number of benzene rings is 1. The van der Waals surface area contributed by atoms with Gasteiger partial charge in [-0.3, -0.25) is 0 Å². The van der Waals surface area contributed by atoms with Crippen molar-refractivity contribution in [1.29, 1.82) is 0 Å². The lowest BCUT2D eigenvalue weighted by Crippen LogP contribution is -2.32. The van der Waals surface area contributed by atoms with Gasteiger partial charge in [0.15, 0.2) is 0 Å². The van der Waals surface area contributed by atoms with Gasteiger partial charge in [0.1, 0.15) is 0 Å². The second-order valence-corrected chi connectivity index (χ2v) is 6.60. The first-order valence-electron chi connectivity index (χ1n) is 7.53. The fraction of sp³-hybridized carbons (Fsp3) is 0.647. The van der Waals surface area contributed by atoms with Crippen molar-refractivity contribution < 1.29 is 13.2 Å². The lowest BCUT2D eigenvalue weighted by Gasteiger charge is -2.29. The molecule has 1 rings (SSSR count). The third-order valence-corrected chi connectivity index (χ3v) is 3.54. The molecule has 1 aromatic rings. The van der Waals surface area contributed by atoms with Crippen LogP contribution in [0.3, 0.4) is 0 Å². The van der Waals surface area contributed by atoms with Crippen molar-refractivity contribution in [2.45, 2.75) is 59.2 Å². The molecular formula is C17H26F3N. The lowest BCUT2D eigenvalue weighted by molar-refractivity contribution is -0.137. The number of nitrogens with one attached hydrogen (secondary N) is 1. The first-order chi connectivity index (χ1) is 9.64. The molecule has 0 saturated heterocycles. The molecule has 0 aromatic heterocycles. The standard InChI is InChI=1S/C17H26F3N/c1-5-9-21-13(2)11-16(3,4)12-14-7-6-8-15(10-14)17(18,19)20/h6-8,10,13,21H,5,9,11-12H2,1-4H3. The maximum Gasteiger partial charge on any atom is 0.416 e. The fourth-order valence-corrected chi connectivity index (χ4v) is 2.77. The minimum Gasteiger partial charge on any atom is -0.314 e. The highest BCUT2D eigenvalue weighted by Gasteiger charge is 2.31. The van der Waals surface area contributed by atoms with Gasteiger partial charge in [0.25, 0.3) is 0 Å². The van der Waals surface area contributed by atoms with Crippen molar-refractivity contribution >= 4 is 0 Å². The van der Waals surface area contributed by atoms with Gasteiger partial charge in [-0.25, -0.2) is 0 Å². The predicted octanol–water partition coefficient (Wildman–Crippen LogP) is 5.05. The molecule has 0 saturated carbocycles. The average Bonchev–Trinajstić information content (AvgIpc) is 2.34. The molecule has 0 spiro atoms. The zero-order valence-electron chi connectivity index (χ0n) is 13.3. The van der Waals surface area contributed by atoms with Crippen LogP contribution in [-0.2, 0) is 12.6 Å². The van der Waals surface area contributed by atoms with Crippen LogP contribution in [0, 0.1) is 5.41 Å². The maximum absolute atomic E-state index is 12.7. The Kier molecular flexibility index (Phi) is 6.26. The van der Waals surface area contributed by atoms with Crippen molar-refractivity contribution in [2.75, 3.05) is 6.54 Å². The zero-order valence-corrected chi connectivity index (χ0v) is 13.3. The number of alkyl halides is 3. The molecule has 0 amide bonds. The van der Waals surface area contributed by atoms with Crippen molar-refractivity contribution in [3.05, 3.63) is 35.4 Å². The number of halogens is 3. The van der Waals surface area contributed by atoms with Gasteiger partial charge in [-0.2, -0.15) is 13.2 Å². The zero-order chi connectivity index (χ0) is 16.1. The van der Waals surface area contributed by atoms with E-state index < -0.39 is 11.7 Å². The third-order valence-electron chi connectivity index (χ3n) is 3.54. The summed E-state index contributed by atoms with van der Waals surface area (Å²) in [5.74, 6) is 0.